The van der Waals surface area contributed by atoms with Gasteiger partial charge in [0.1, 0.15) is 22.3 Å². The molecule has 1 aliphatic heterocycles. The quantitative estimate of drug-likeness (QED) is 0.799. The molecule has 2 aromatic rings. The van der Waals surface area contributed by atoms with E-state index in [9.17, 15) is 22.0 Å². The van der Waals surface area contributed by atoms with Crippen molar-refractivity contribution < 1.29 is 26.7 Å². The summed E-state index contributed by atoms with van der Waals surface area (Å²) >= 11 is 0. The van der Waals surface area contributed by atoms with Crippen molar-refractivity contribution in [2.75, 3.05) is 25.5 Å². The van der Waals surface area contributed by atoms with Crippen LogP contribution in [0.2, 0.25) is 0 Å². The molecule has 156 valence electrons. The number of ether oxygens (including phenoxy) is 1. The number of hydrogen-bond acceptors (Lipinski definition) is 4. The van der Waals surface area contributed by atoms with E-state index in [2.05, 4.69) is 5.32 Å². The van der Waals surface area contributed by atoms with Crippen molar-refractivity contribution in [2.45, 2.75) is 24.7 Å². The zero-order chi connectivity index (χ0) is 21.2. The van der Waals surface area contributed by atoms with Crippen LogP contribution in [-0.2, 0) is 14.8 Å². The second-order valence-electron chi connectivity index (χ2n) is 6.95. The van der Waals surface area contributed by atoms with Crippen molar-refractivity contribution in [1.29, 1.82) is 0 Å². The molecule has 1 fully saturated rings. The molecule has 3 rings (SSSR count). The van der Waals surface area contributed by atoms with Crippen molar-refractivity contribution in [3.8, 4) is 5.75 Å². The smallest absolute Gasteiger partial charge is 0.246 e. The first-order chi connectivity index (χ1) is 13.7. The summed E-state index contributed by atoms with van der Waals surface area (Å²) in [5, 5.41) is 2.68. The highest BCUT2D eigenvalue weighted by Gasteiger charge is 2.35. The zero-order valence-corrected chi connectivity index (χ0v) is 16.9. The van der Waals surface area contributed by atoms with Gasteiger partial charge < -0.3 is 10.1 Å². The fraction of sp³-hybridized carbons (Fsp3) is 0.350. The first kappa shape index (κ1) is 21.2. The fourth-order valence-electron chi connectivity index (χ4n) is 3.33. The summed E-state index contributed by atoms with van der Waals surface area (Å²) < 4.78 is 59.4. The monoisotopic (exact) mass is 424 g/mol. The molecule has 0 bridgehead atoms. The summed E-state index contributed by atoms with van der Waals surface area (Å²) in [4.78, 5) is 12.4. The first-order valence-corrected chi connectivity index (χ1v) is 10.6. The normalized spacial score (nSPS) is 17.7. The van der Waals surface area contributed by atoms with E-state index < -0.39 is 27.6 Å². The van der Waals surface area contributed by atoms with Gasteiger partial charge in [0.15, 0.2) is 0 Å². The summed E-state index contributed by atoms with van der Waals surface area (Å²) in [6.45, 7) is 1.90. The Kier molecular flexibility index (Phi) is 6.18. The maximum atomic E-state index is 13.7. The Morgan fingerprint density at radius 3 is 2.59 bits per heavy atom. The SMILES string of the molecule is COc1ccc(F)cc1S(=O)(=O)N1CCC[C@H](C(=O)Nc2cc(F)ccc2C)C1. The number of carbonyl (C=O) groups excluding carboxylic acids is 1. The predicted molar refractivity (Wildman–Crippen MR) is 104 cm³/mol. The number of piperidine rings is 1. The molecule has 9 heteroatoms. The van der Waals surface area contributed by atoms with Gasteiger partial charge in [-0.3, -0.25) is 4.79 Å². The topological polar surface area (TPSA) is 75.7 Å². The molecule has 0 saturated carbocycles. The van der Waals surface area contributed by atoms with Crippen LogP contribution in [0, 0.1) is 24.5 Å². The van der Waals surface area contributed by atoms with Gasteiger partial charge in [-0.2, -0.15) is 4.31 Å². The highest BCUT2D eigenvalue weighted by Crippen LogP contribution is 2.31. The molecule has 0 aromatic heterocycles. The van der Waals surface area contributed by atoms with Crippen LogP contribution < -0.4 is 10.1 Å². The van der Waals surface area contributed by atoms with E-state index in [1.54, 1.807) is 13.0 Å². The number of nitrogens with zero attached hydrogens (tertiary/aromatic N) is 1. The van der Waals surface area contributed by atoms with Crippen LogP contribution in [0.1, 0.15) is 18.4 Å². The van der Waals surface area contributed by atoms with Crippen LogP contribution >= 0.6 is 0 Å². The van der Waals surface area contributed by atoms with Gasteiger partial charge in [0.2, 0.25) is 15.9 Å². The molecule has 0 spiro atoms. The molecule has 29 heavy (non-hydrogen) atoms. The predicted octanol–water partition coefficient (Wildman–Crippen LogP) is 3.32. The van der Waals surface area contributed by atoms with Crippen LogP contribution in [-0.4, -0.2) is 38.8 Å². The minimum atomic E-state index is -4.05. The van der Waals surface area contributed by atoms with E-state index in [0.29, 0.717) is 24.1 Å². The summed E-state index contributed by atoms with van der Waals surface area (Å²) in [5.41, 5.74) is 1.05. The van der Waals surface area contributed by atoms with E-state index in [0.717, 1.165) is 16.4 Å². The van der Waals surface area contributed by atoms with E-state index in [-0.39, 0.29) is 29.6 Å². The highest BCUT2D eigenvalue weighted by atomic mass is 32.2. The van der Waals surface area contributed by atoms with E-state index >= 15 is 0 Å². The third-order valence-electron chi connectivity index (χ3n) is 4.96. The number of sulfonamides is 1. The van der Waals surface area contributed by atoms with Gasteiger partial charge in [0, 0.05) is 18.8 Å². The second-order valence-corrected chi connectivity index (χ2v) is 8.85. The molecular weight excluding hydrogens is 402 g/mol. The number of halogens is 2. The minimum absolute atomic E-state index is 0.0355. The number of benzene rings is 2. The Morgan fingerprint density at radius 2 is 1.86 bits per heavy atom. The first-order valence-electron chi connectivity index (χ1n) is 9.13. The van der Waals surface area contributed by atoms with Crippen LogP contribution in [0.3, 0.4) is 0 Å². The Hall–Kier alpha value is -2.52. The van der Waals surface area contributed by atoms with Crippen molar-refractivity contribution >= 4 is 21.6 Å². The Bertz CT molecular complexity index is 1030. The molecule has 1 saturated heterocycles. The van der Waals surface area contributed by atoms with Crippen LogP contribution in [0.4, 0.5) is 14.5 Å². The molecule has 1 heterocycles. The van der Waals surface area contributed by atoms with Gasteiger partial charge in [0.25, 0.3) is 0 Å². The lowest BCUT2D eigenvalue weighted by Crippen LogP contribution is -2.43. The Balaban J connectivity index is 1.80. The summed E-state index contributed by atoms with van der Waals surface area (Å²) in [5.74, 6) is -2.13. The number of nitrogens with one attached hydrogen (secondary N) is 1. The standard InChI is InChI=1S/C20H22F2N2O4S/c1-13-5-6-15(21)10-17(13)23-20(25)14-4-3-9-24(12-14)29(26,27)19-11-16(22)7-8-18(19)28-2/h5-8,10-11,14H,3-4,9,12H2,1-2H3,(H,23,25)/t14-/m0/s1. The lowest BCUT2D eigenvalue weighted by Gasteiger charge is -2.31. The molecule has 1 atom stereocenters. The molecule has 6 nitrogen and oxygen atoms in total. The molecule has 2 aromatic carbocycles. The number of carbonyl (C=O) groups is 1. The minimum Gasteiger partial charge on any atom is -0.495 e. The largest absolute Gasteiger partial charge is 0.495 e. The Labute approximate surface area is 168 Å². The van der Waals surface area contributed by atoms with E-state index in [4.69, 9.17) is 4.74 Å². The van der Waals surface area contributed by atoms with Crippen molar-refractivity contribution in [3.63, 3.8) is 0 Å². The van der Waals surface area contributed by atoms with Crippen molar-refractivity contribution in [2.24, 2.45) is 5.92 Å². The molecule has 1 N–H and O–H groups in total. The maximum Gasteiger partial charge on any atom is 0.246 e. The lowest BCUT2D eigenvalue weighted by molar-refractivity contribution is -0.120. The molecule has 0 unspecified atom stereocenters. The van der Waals surface area contributed by atoms with Crippen LogP contribution in [0.5, 0.6) is 5.75 Å². The van der Waals surface area contributed by atoms with Gasteiger partial charge >= 0.3 is 0 Å². The molecule has 0 aliphatic carbocycles. The van der Waals surface area contributed by atoms with Gasteiger partial charge in [-0.25, -0.2) is 17.2 Å². The average molecular weight is 424 g/mol. The number of rotatable bonds is 5. The van der Waals surface area contributed by atoms with Gasteiger partial charge in [-0.05, 0) is 55.7 Å². The summed E-state index contributed by atoms with van der Waals surface area (Å²) in [7, 11) is -2.75. The average Bonchev–Trinajstić information content (AvgIpc) is 2.70. The van der Waals surface area contributed by atoms with Crippen LogP contribution in [0.15, 0.2) is 41.3 Å². The molecular formula is C20H22F2N2O4S. The highest BCUT2D eigenvalue weighted by molar-refractivity contribution is 7.89. The molecule has 1 aliphatic rings. The molecule has 1 amide bonds. The molecule has 0 radical (unpaired) electrons. The van der Waals surface area contributed by atoms with Crippen molar-refractivity contribution in [1.82, 2.24) is 4.31 Å². The number of hydrogen-bond donors (Lipinski definition) is 1. The second kappa shape index (κ2) is 8.46. The third-order valence-corrected chi connectivity index (χ3v) is 6.84. The zero-order valence-electron chi connectivity index (χ0n) is 16.1. The van der Waals surface area contributed by atoms with E-state index in [1.807, 2.05) is 0 Å². The van der Waals surface area contributed by atoms with Crippen molar-refractivity contribution in [3.05, 3.63) is 53.6 Å². The maximum absolute atomic E-state index is 13.7. The number of aryl methyl sites for hydroxylation is 1. The number of anilines is 1. The Morgan fingerprint density at radius 1 is 1.17 bits per heavy atom. The van der Waals surface area contributed by atoms with E-state index in [1.165, 1.54) is 25.3 Å². The number of amides is 1. The summed E-state index contributed by atoms with van der Waals surface area (Å²) in [6.07, 6.45) is 0.962. The van der Waals surface area contributed by atoms with Gasteiger partial charge in [0.05, 0.1) is 13.0 Å². The lowest BCUT2D eigenvalue weighted by atomic mass is 9.98. The number of methoxy groups -OCH3 is 1. The van der Waals surface area contributed by atoms with Gasteiger partial charge in [-0.1, -0.05) is 6.07 Å². The van der Waals surface area contributed by atoms with Gasteiger partial charge in [-0.15, -0.1) is 0 Å². The van der Waals surface area contributed by atoms with Crippen LogP contribution in [0.25, 0.3) is 0 Å². The summed E-state index contributed by atoms with van der Waals surface area (Å²) in [6, 6.07) is 7.36. The fourth-order valence-corrected chi connectivity index (χ4v) is 5.02. The third kappa shape index (κ3) is 4.56.